The summed E-state index contributed by atoms with van der Waals surface area (Å²) in [5, 5.41) is 3.51. The lowest BCUT2D eigenvalue weighted by molar-refractivity contribution is -0.128. The molecule has 0 aliphatic rings. The van der Waals surface area contributed by atoms with Crippen molar-refractivity contribution in [2.45, 2.75) is 86.1 Å². The summed E-state index contributed by atoms with van der Waals surface area (Å²) in [7, 11) is 0. The lowest BCUT2D eigenvalue weighted by Crippen LogP contribution is -2.52. The molecule has 0 bridgehead atoms. The highest BCUT2D eigenvalue weighted by molar-refractivity contribution is 7.98. The van der Waals surface area contributed by atoms with Crippen LogP contribution in [0.4, 0.5) is 0 Å². The normalized spacial score (nSPS) is 14.3. The van der Waals surface area contributed by atoms with Gasteiger partial charge in [-0.15, -0.1) is 0 Å². The van der Waals surface area contributed by atoms with Gasteiger partial charge in [-0.3, -0.25) is 9.78 Å². The van der Waals surface area contributed by atoms with Crippen molar-refractivity contribution in [2.24, 2.45) is 10.8 Å². The molecule has 0 amide bonds. The third-order valence-corrected chi connectivity index (χ3v) is 4.91. The van der Waals surface area contributed by atoms with Gasteiger partial charge in [0.05, 0.1) is 6.04 Å². The van der Waals surface area contributed by atoms with Crippen LogP contribution in [0.2, 0.25) is 0 Å². The predicted molar refractivity (Wildman–Crippen MR) is 115 cm³/mol. The zero-order valence-electron chi connectivity index (χ0n) is 18.2. The van der Waals surface area contributed by atoms with Gasteiger partial charge >= 0.3 is 0 Å². The number of nitrogens with zero attached hydrogens (tertiary/aromatic N) is 1. The van der Waals surface area contributed by atoms with E-state index in [2.05, 4.69) is 57.9 Å². The highest BCUT2D eigenvalue weighted by Crippen LogP contribution is 2.24. The zero-order chi connectivity index (χ0) is 20.2. The molecule has 1 heterocycles. The summed E-state index contributed by atoms with van der Waals surface area (Å²) in [5.41, 5.74) is 2.35. The van der Waals surface area contributed by atoms with Crippen LogP contribution in [-0.2, 0) is 17.0 Å². The molecule has 0 aliphatic heterocycles. The van der Waals surface area contributed by atoms with E-state index in [4.69, 9.17) is 0 Å². The number of carbonyl (C=O) groups is 1. The van der Waals surface area contributed by atoms with Crippen LogP contribution in [0.1, 0.15) is 73.4 Å². The number of hydrogen-bond donors (Lipinski definition) is 1. The van der Waals surface area contributed by atoms with Crippen LogP contribution in [0, 0.1) is 10.8 Å². The molecule has 1 aromatic heterocycles. The second kappa shape index (κ2) is 8.88. The number of thioether (sulfide) groups is 1. The Morgan fingerprint density at radius 1 is 1.04 bits per heavy atom. The van der Waals surface area contributed by atoms with Crippen molar-refractivity contribution in [3.8, 4) is 0 Å². The van der Waals surface area contributed by atoms with Gasteiger partial charge in [0.15, 0.2) is 5.78 Å². The lowest BCUT2D eigenvalue weighted by atomic mass is 9.86. The van der Waals surface area contributed by atoms with Gasteiger partial charge in [-0.2, -0.15) is 11.8 Å². The second-order valence-electron chi connectivity index (χ2n) is 10.5. The lowest BCUT2D eigenvalue weighted by Gasteiger charge is -2.31. The predicted octanol–water partition coefficient (Wildman–Crippen LogP) is 5.28. The van der Waals surface area contributed by atoms with Gasteiger partial charge in [-0.25, -0.2) is 0 Å². The Morgan fingerprint density at radius 2 is 1.62 bits per heavy atom. The Hall–Kier alpha value is -0.870. The van der Waals surface area contributed by atoms with Gasteiger partial charge in [0.2, 0.25) is 0 Å². The molecule has 0 saturated heterocycles. The maximum Gasteiger partial charge on any atom is 0.155 e. The molecular weight excluding hydrogens is 340 g/mol. The Kier molecular flexibility index (Phi) is 7.91. The summed E-state index contributed by atoms with van der Waals surface area (Å²) >= 11 is 1.80. The van der Waals surface area contributed by atoms with Crippen molar-refractivity contribution in [3.63, 3.8) is 0 Å². The van der Waals surface area contributed by atoms with Gasteiger partial charge in [0.1, 0.15) is 0 Å². The Morgan fingerprint density at radius 3 is 2.12 bits per heavy atom. The van der Waals surface area contributed by atoms with E-state index >= 15 is 0 Å². The summed E-state index contributed by atoms with van der Waals surface area (Å²) in [4.78, 5) is 17.2. The molecule has 0 aliphatic carbocycles. The van der Waals surface area contributed by atoms with Crippen molar-refractivity contribution < 1.29 is 4.79 Å². The number of hydrogen-bond acceptors (Lipinski definition) is 4. The quantitative estimate of drug-likeness (QED) is 0.701. The van der Waals surface area contributed by atoms with Crippen LogP contribution in [0.15, 0.2) is 18.5 Å². The molecule has 0 saturated carbocycles. The largest absolute Gasteiger partial charge is 0.302 e. The topological polar surface area (TPSA) is 42.0 Å². The number of pyridine rings is 1. The minimum absolute atomic E-state index is 0.0830. The Bertz CT molecular complexity index is 591. The first kappa shape index (κ1) is 23.2. The van der Waals surface area contributed by atoms with Crippen LogP contribution in [-0.4, -0.2) is 28.1 Å². The average Bonchev–Trinajstić information content (AvgIpc) is 2.41. The number of rotatable bonds is 7. The minimum Gasteiger partial charge on any atom is -0.302 e. The first-order valence-corrected chi connectivity index (χ1v) is 10.7. The van der Waals surface area contributed by atoms with Gasteiger partial charge in [0.25, 0.3) is 0 Å². The summed E-state index contributed by atoms with van der Waals surface area (Å²) in [6, 6.07) is 2.12. The molecule has 1 atom stereocenters. The zero-order valence-corrected chi connectivity index (χ0v) is 19.0. The van der Waals surface area contributed by atoms with E-state index < -0.39 is 0 Å². The molecule has 148 valence electrons. The number of ketones is 1. The Balaban J connectivity index is 2.72. The van der Waals surface area contributed by atoms with Gasteiger partial charge < -0.3 is 5.32 Å². The van der Waals surface area contributed by atoms with Crippen LogP contribution in [0.5, 0.6) is 0 Å². The van der Waals surface area contributed by atoms with Crippen molar-refractivity contribution in [3.05, 3.63) is 29.6 Å². The van der Waals surface area contributed by atoms with Crippen LogP contribution in [0.25, 0.3) is 0 Å². The SMILES string of the molecule is CC(C)(C)Cc1cncc(CSC[C@H](NC(C)(C)C)C(=O)C(C)(C)C)c1. The molecule has 0 spiro atoms. The Labute approximate surface area is 165 Å². The van der Waals surface area contributed by atoms with E-state index in [-0.39, 0.29) is 28.2 Å². The molecule has 0 radical (unpaired) electrons. The van der Waals surface area contributed by atoms with Crippen LogP contribution < -0.4 is 5.32 Å². The molecule has 1 rings (SSSR count). The summed E-state index contributed by atoms with van der Waals surface area (Å²) in [6.07, 6.45) is 4.93. The van der Waals surface area contributed by atoms with E-state index in [1.165, 1.54) is 11.1 Å². The first-order chi connectivity index (χ1) is 11.7. The number of Topliss-reactive ketones (excluding diaryl/α,β-unsaturated/α-hetero) is 1. The van der Waals surface area contributed by atoms with Crippen molar-refractivity contribution in [1.29, 1.82) is 0 Å². The van der Waals surface area contributed by atoms with Gasteiger partial charge in [0, 0.05) is 34.9 Å². The van der Waals surface area contributed by atoms with Gasteiger partial charge in [-0.05, 0) is 43.7 Å². The molecule has 26 heavy (non-hydrogen) atoms. The fourth-order valence-electron chi connectivity index (χ4n) is 2.85. The van der Waals surface area contributed by atoms with E-state index in [1.807, 2.05) is 33.2 Å². The molecule has 0 fully saturated rings. The van der Waals surface area contributed by atoms with E-state index in [1.54, 1.807) is 11.8 Å². The fourth-order valence-corrected chi connectivity index (χ4v) is 3.83. The molecule has 4 heteroatoms. The standard InChI is InChI=1S/C22H38N2OS/c1-20(2,3)11-16-10-17(13-23-12-16)14-26-15-18(24-22(7,8)9)19(25)21(4,5)6/h10,12-13,18,24H,11,14-15H2,1-9H3/t18-/m0/s1. The summed E-state index contributed by atoms with van der Waals surface area (Å²) < 4.78 is 0. The third-order valence-electron chi connectivity index (χ3n) is 3.80. The highest BCUT2D eigenvalue weighted by atomic mass is 32.2. The first-order valence-electron chi connectivity index (χ1n) is 9.50. The molecule has 0 unspecified atom stereocenters. The molecule has 1 N–H and O–H groups in total. The summed E-state index contributed by atoms with van der Waals surface area (Å²) in [6.45, 7) is 19.1. The third kappa shape index (κ3) is 9.18. The maximum absolute atomic E-state index is 12.8. The van der Waals surface area contributed by atoms with Gasteiger partial charge in [-0.1, -0.05) is 47.6 Å². The fraction of sp³-hybridized carbons (Fsp3) is 0.727. The second-order valence-corrected chi connectivity index (χ2v) is 11.5. The molecule has 0 aromatic carbocycles. The molecule has 1 aromatic rings. The number of aromatic nitrogens is 1. The minimum atomic E-state index is -0.336. The monoisotopic (exact) mass is 378 g/mol. The van der Waals surface area contributed by atoms with Crippen LogP contribution in [0.3, 0.4) is 0 Å². The number of carbonyl (C=O) groups excluding carboxylic acids is 1. The van der Waals surface area contributed by atoms with Crippen molar-refractivity contribution in [2.75, 3.05) is 5.75 Å². The summed E-state index contributed by atoms with van der Waals surface area (Å²) in [5.74, 6) is 1.93. The number of nitrogens with one attached hydrogen (secondary N) is 1. The van der Waals surface area contributed by atoms with Crippen molar-refractivity contribution in [1.82, 2.24) is 10.3 Å². The smallest absolute Gasteiger partial charge is 0.155 e. The van der Waals surface area contributed by atoms with Crippen molar-refractivity contribution >= 4 is 17.5 Å². The maximum atomic E-state index is 12.8. The van der Waals surface area contributed by atoms with E-state index in [9.17, 15) is 4.79 Å². The average molecular weight is 379 g/mol. The van der Waals surface area contributed by atoms with Crippen LogP contribution >= 0.6 is 11.8 Å². The highest BCUT2D eigenvalue weighted by Gasteiger charge is 2.31. The van der Waals surface area contributed by atoms with E-state index in [0.717, 1.165) is 17.9 Å². The molecule has 3 nitrogen and oxygen atoms in total. The molecular formula is C22H38N2OS. The van der Waals surface area contributed by atoms with E-state index in [0.29, 0.717) is 0 Å².